The number of aliphatic hydroxyl groups is 1. The first kappa shape index (κ1) is 13.8. The van der Waals surface area contributed by atoms with Crippen molar-refractivity contribution < 1.29 is 19.6 Å². The van der Waals surface area contributed by atoms with Crippen molar-refractivity contribution in [2.45, 2.75) is 6.10 Å². The topological polar surface area (TPSA) is 109 Å². The van der Waals surface area contributed by atoms with E-state index in [0.717, 1.165) is 0 Å². The van der Waals surface area contributed by atoms with Gasteiger partial charge in [0.2, 0.25) is 0 Å². The van der Waals surface area contributed by atoms with Crippen LogP contribution in [0.5, 0.6) is 5.75 Å². The van der Waals surface area contributed by atoms with Crippen LogP contribution in [0.15, 0.2) is 46.0 Å². The molecule has 2 rings (SSSR count). The molecule has 0 aliphatic carbocycles. The molecule has 0 bridgehead atoms. The molecule has 0 saturated carbocycles. The minimum Gasteiger partial charge on any atom is -0.507 e. The quantitative estimate of drug-likeness (QED) is 0.493. The van der Waals surface area contributed by atoms with Gasteiger partial charge >= 0.3 is 0 Å². The minimum atomic E-state index is -0.901. The van der Waals surface area contributed by atoms with Gasteiger partial charge < -0.3 is 14.6 Å². The van der Waals surface area contributed by atoms with Crippen molar-refractivity contribution in [1.82, 2.24) is 0 Å². The molecule has 0 spiro atoms. The van der Waals surface area contributed by atoms with Gasteiger partial charge in [0.15, 0.2) is 0 Å². The second kappa shape index (κ2) is 5.98. The summed E-state index contributed by atoms with van der Waals surface area (Å²) in [5.74, 6) is 0.261. The summed E-state index contributed by atoms with van der Waals surface area (Å²) in [4.78, 5) is 14.0. The van der Waals surface area contributed by atoms with Crippen LogP contribution < -0.4 is 0 Å². The van der Waals surface area contributed by atoms with E-state index in [2.05, 4.69) is 4.99 Å². The Hall–Kier alpha value is -2.67. The summed E-state index contributed by atoms with van der Waals surface area (Å²) < 4.78 is 5.01. The third-order valence-corrected chi connectivity index (χ3v) is 2.60. The number of aromatic hydroxyl groups is 1. The van der Waals surface area contributed by atoms with Crippen LogP contribution >= 0.6 is 0 Å². The number of non-ortho nitro benzene ring substituents is 1. The maximum absolute atomic E-state index is 10.6. The fraction of sp³-hybridized carbons (Fsp3) is 0.154. The highest BCUT2D eigenvalue weighted by Gasteiger charge is 2.10. The van der Waals surface area contributed by atoms with Gasteiger partial charge in [0.1, 0.15) is 17.6 Å². The van der Waals surface area contributed by atoms with Crippen LogP contribution in [0.25, 0.3) is 0 Å². The van der Waals surface area contributed by atoms with Gasteiger partial charge in [-0.3, -0.25) is 15.1 Å². The number of hydrogen-bond donors (Lipinski definition) is 2. The van der Waals surface area contributed by atoms with Crippen LogP contribution in [0, 0.1) is 10.1 Å². The molecule has 2 aromatic rings. The summed E-state index contributed by atoms with van der Waals surface area (Å²) in [6.45, 7) is 0.0235. The van der Waals surface area contributed by atoms with E-state index in [1.165, 1.54) is 30.7 Å². The first-order chi connectivity index (χ1) is 9.58. The monoisotopic (exact) mass is 276 g/mol. The van der Waals surface area contributed by atoms with E-state index in [1.54, 1.807) is 12.1 Å². The molecular formula is C13H12N2O5. The lowest BCUT2D eigenvalue weighted by molar-refractivity contribution is -0.384. The molecule has 0 fully saturated rings. The van der Waals surface area contributed by atoms with Crippen molar-refractivity contribution in [3.63, 3.8) is 0 Å². The molecule has 1 unspecified atom stereocenters. The molecule has 0 amide bonds. The molecule has 7 heteroatoms. The van der Waals surface area contributed by atoms with Crippen LogP contribution in [0.4, 0.5) is 5.69 Å². The van der Waals surface area contributed by atoms with E-state index in [4.69, 9.17) is 4.42 Å². The number of rotatable bonds is 5. The Labute approximate surface area is 114 Å². The first-order valence-corrected chi connectivity index (χ1v) is 5.76. The summed E-state index contributed by atoms with van der Waals surface area (Å²) in [7, 11) is 0. The molecule has 1 aromatic carbocycles. The second-order valence-corrected chi connectivity index (χ2v) is 4.03. The third kappa shape index (κ3) is 3.21. The molecule has 1 aromatic heterocycles. The SMILES string of the molecule is O=[N+]([O-])c1ccc(O)c(C=NCC(O)c2ccco2)c1. The highest BCUT2D eigenvalue weighted by molar-refractivity contribution is 5.84. The molecule has 0 aliphatic rings. The summed E-state index contributed by atoms with van der Waals surface area (Å²) in [5, 5.41) is 29.9. The first-order valence-electron chi connectivity index (χ1n) is 5.76. The van der Waals surface area contributed by atoms with Crippen LogP contribution in [0.3, 0.4) is 0 Å². The standard InChI is InChI=1S/C13H12N2O5/c16-11-4-3-10(15(18)19)6-9(11)7-14-8-12(17)13-2-1-5-20-13/h1-7,12,16-17H,8H2. The number of aliphatic imine (C=N–C) groups is 1. The zero-order valence-electron chi connectivity index (χ0n) is 10.3. The van der Waals surface area contributed by atoms with Crippen LogP contribution in [0.1, 0.15) is 17.4 Å². The molecule has 20 heavy (non-hydrogen) atoms. The molecule has 0 aliphatic heterocycles. The molecule has 1 atom stereocenters. The number of nitro benzene ring substituents is 1. The summed E-state index contributed by atoms with van der Waals surface area (Å²) >= 11 is 0. The highest BCUT2D eigenvalue weighted by atomic mass is 16.6. The smallest absolute Gasteiger partial charge is 0.270 e. The average molecular weight is 276 g/mol. The van der Waals surface area contributed by atoms with E-state index >= 15 is 0 Å². The van der Waals surface area contributed by atoms with Gasteiger partial charge in [0, 0.05) is 23.9 Å². The van der Waals surface area contributed by atoms with Crippen molar-refractivity contribution >= 4 is 11.9 Å². The Kier molecular flexibility index (Phi) is 4.11. The van der Waals surface area contributed by atoms with Crippen LogP contribution in [0.2, 0.25) is 0 Å². The number of phenols is 1. The Balaban J connectivity index is 2.07. The molecule has 104 valence electrons. The maximum atomic E-state index is 10.6. The third-order valence-electron chi connectivity index (χ3n) is 2.60. The van der Waals surface area contributed by atoms with E-state index in [9.17, 15) is 20.3 Å². The van der Waals surface area contributed by atoms with E-state index in [1.807, 2.05) is 0 Å². The lowest BCUT2D eigenvalue weighted by atomic mass is 10.2. The Morgan fingerprint density at radius 1 is 1.45 bits per heavy atom. The highest BCUT2D eigenvalue weighted by Crippen LogP contribution is 2.21. The van der Waals surface area contributed by atoms with Gasteiger partial charge in [-0.15, -0.1) is 0 Å². The van der Waals surface area contributed by atoms with Crippen molar-refractivity contribution in [2.24, 2.45) is 4.99 Å². The normalized spacial score (nSPS) is 12.7. The zero-order chi connectivity index (χ0) is 14.5. The van der Waals surface area contributed by atoms with Crippen molar-refractivity contribution in [2.75, 3.05) is 6.54 Å². The molecular weight excluding hydrogens is 264 g/mol. The number of nitro groups is 1. The predicted octanol–water partition coefficient (Wildman–Crippen LogP) is 2.05. The van der Waals surface area contributed by atoms with Gasteiger partial charge in [0.25, 0.3) is 5.69 Å². The molecule has 7 nitrogen and oxygen atoms in total. The predicted molar refractivity (Wildman–Crippen MR) is 70.9 cm³/mol. The molecule has 0 radical (unpaired) electrons. The number of phenolic OH excluding ortho intramolecular Hbond substituents is 1. The molecule has 2 N–H and O–H groups in total. The number of furan rings is 1. The number of aliphatic hydroxyl groups excluding tert-OH is 1. The maximum Gasteiger partial charge on any atom is 0.270 e. The molecule has 1 heterocycles. The summed E-state index contributed by atoms with van der Waals surface area (Å²) in [6.07, 6.45) is 1.81. The Morgan fingerprint density at radius 3 is 2.90 bits per heavy atom. The summed E-state index contributed by atoms with van der Waals surface area (Å²) in [6, 6.07) is 6.89. The fourth-order valence-electron chi connectivity index (χ4n) is 1.58. The van der Waals surface area contributed by atoms with Gasteiger partial charge in [-0.05, 0) is 18.2 Å². The lowest BCUT2D eigenvalue weighted by Gasteiger charge is -2.03. The van der Waals surface area contributed by atoms with E-state index < -0.39 is 11.0 Å². The van der Waals surface area contributed by atoms with Gasteiger partial charge in [-0.2, -0.15) is 0 Å². The second-order valence-electron chi connectivity index (χ2n) is 4.03. The van der Waals surface area contributed by atoms with E-state index in [0.29, 0.717) is 5.76 Å². The molecule has 0 saturated heterocycles. The number of benzene rings is 1. The Morgan fingerprint density at radius 2 is 2.25 bits per heavy atom. The number of nitrogens with zero attached hydrogens (tertiary/aromatic N) is 2. The average Bonchev–Trinajstić information content (AvgIpc) is 2.94. The van der Waals surface area contributed by atoms with Crippen LogP contribution in [-0.2, 0) is 0 Å². The zero-order valence-corrected chi connectivity index (χ0v) is 10.3. The van der Waals surface area contributed by atoms with Crippen molar-refractivity contribution in [1.29, 1.82) is 0 Å². The van der Waals surface area contributed by atoms with Gasteiger partial charge in [-0.1, -0.05) is 0 Å². The minimum absolute atomic E-state index is 0.0235. The van der Waals surface area contributed by atoms with Crippen molar-refractivity contribution in [3.05, 3.63) is 58.0 Å². The Bertz CT molecular complexity index is 622. The van der Waals surface area contributed by atoms with Crippen LogP contribution in [-0.4, -0.2) is 27.9 Å². The van der Waals surface area contributed by atoms with E-state index in [-0.39, 0.29) is 23.5 Å². The van der Waals surface area contributed by atoms with Crippen molar-refractivity contribution in [3.8, 4) is 5.75 Å². The fourth-order valence-corrected chi connectivity index (χ4v) is 1.58. The summed E-state index contributed by atoms with van der Waals surface area (Å²) in [5.41, 5.74) is 0.0710. The number of hydrogen-bond acceptors (Lipinski definition) is 6. The van der Waals surface area contributed by atoms with Gasteiger partial charge in [0.05, 0.1) is 17.7 Å². The largest absolute Gasteiger partial charge is 0.507 e. The van der Waals surface area contributed by atoms with Gasteiger partial charge in [-0.25, -0.2) is 0 Å². The lowest BCUT2D eigenvalue weighted by Crippen LogP contribution is -2.00.